The molecule has 3 N–H and O–H groups in total. The lowest BCUT2D eigenvalue weighted by Crippen LogP contribution is -2.36. The van der Waals surface area contributed by atoms with Gasteiger partial charge in [0.25, 0.3) is 0 Å². The van der Waals surface area contributed by atoms with E-state index in [1.807, 2.05) is 18.7 Å². The minimum atomic E-state index is -0.0300. The van der Waals surface area contributed by atoms with E-state index in [2.05, 4.69) is 16.0 Å². The number of thioether (sulfide) groups is 1. The zero-order valence-corrected chi connectivity index (χ0v) is 11.5. The number of hydrogen-bond donors (Lipinski definition) is 3. The third-order valence-electron chi connectivity index (χ3n) is 3.45. The molecule has 0 bridgehead atoms. The van der Waals surface area contributed by atoms with E-state index in [1.165, 1.54) is 0 Å². The zero-order chi connectivity index (χ0) is 13.0. The van der Waals surface area contributed by atoms with Gasteiger partial charge in [0.15, 0.2) is 0 Å². The summed E-state index contributed by atoms with van der Waals surface area (Å²) in [4.78, 5) is 22.5. The maximum absolute atomic E-state index is 11.3. The van der Waals surface area contributed by atoms with Gasteiger partial charge >= 0.3 is 6.03 Å². The molecule has 2 fully saturated rings. The van der Waals surface area contributed by atoms with E-state index in [9.17, 15) is 9.59 Å². The van der Waals surface area contributed by atoms with Gasteiger partial charge < -0.3 is 16.0 Å². The number of fused-ring (bicyclic) bond motifs is 1. The van der Waals surface area contributed by atoms with Crippen LogP contribution in [0.3, 0.4) is 0 Å². The zero-order valence-electron chi connectivity index (χ0n) is 10.7. The van der Waals surface area contributed by atoms with Gasteiger partial charge in [0.05, 0.1) is 12.1 Å². The number of nitrogens with one attached hydrogen (secondary N) is 3. The van der Waals surface area contributed by atoms with Crippen molar-refractivity contribution in [2.75, 3.05) is 12.3 Å². The first-order chi connectivity index (χ1) is 8.70. The van der Waals surface area contributed by atoms with Gasteiger partial charge in [0.1, 0.15) is 0 Å². The van der Waals surface area contributed by atoms with Crippen molar-refractivity contribution < 1.29 is 9.59 Å². The second-order valence-corrected chi connectivity index (χ2v) is 6.09. The van der Waals surface area contributed by atoms with Crippen molar-refractivity contribution in [1.82, 2.24) is 16.0 Å². The summed E-state index contributed by atoms with van der Waals surface area (Å²) in [5, 5.41) is 9.23. The Morgan fingerprint density at radius 2 is 2.28 bits per heavy atom. The second-order valence-electron chi connectivity index (χ2n) is 4.82. The molecule has 0 aliphatic carbocycles. The maximum Gasteiger partial charge on any atom is 0.315 e. The maximum atomic E-state index is 11.3. The normalized spacial score (nSPS) is 29.6. The molecule has 0 aromatic rings. The molecule has 18 heavy (non-hydrogen) atoms. The Bertz CT molecular complexity index is 324. The lowest BCUT2D eigenvalue weighted by molar-refractivity contribution is -0.121. The van der Waals surface area contributed by atoms with Gasteiger partial charge in [0.2, 0.25) is 5.91 Å². The average Bonchev–Trinajstić information content (AvgIpc) is 2.85. The van der Waals surface area contributed by atoms with Gasteiger partial charge in [-0.1, -0.05) is 6.42 Å². The molecule has 5 nitrogen and oxygen atoms in total. The Labute approximate surface area is 112 Å². The van der Waals surface area contributed by atoms with E-state index in [0.717, 1.165) is 25.0 Å². The van der Waals surface area contributed by atoms with E-state index < -0.39 is 0 Å². The van der Waals surface area contributed by atoms with Gasteiger partial charge in [-0.15, -0.1) is 0 Å². The molecule has 102 valence electrons. The van der Waals surface area contributed by atoms with E-state index >= 15 is 0 Å². The smallest absolute Gasteiger partial charge is 0.315 e. The van der Waals surface area contributed by atoms with Crippen LogP contribution >= 0.6 is 11.8 Å². The fraction of sp³-hybridized carbons (Fsp3) is 0.833. The lowest BCUT2D eigenvalue weighted by atomic mass is 10.0. The standard InChI is InChI=1S/C12H21N3O2S/c1-2-13-10(16)6-4-3-5-9-11-8(7-18-9)14-12(17)15-11/h8-9,11H,2-7H2,1H3,(H,13,16)(H2,14,15,17)/t8-,9?,11-/m0/s1. The minimum Gasteiger partial charge on any atom is -0.356 e. The van der Waals surface area contributed by atoms with Crippen LogP contribution in [0.25, 0.3) is 0 Å². The van der Waals surface area contributed by atoms with E-state index in [-0.39, 0.29) is 18.0 Å². The number of urea groups is 1. The minimum absolute atomic E-state index is 0.0300. The quantitative estimate of drug-likeness (QED) is 0.495. The number of hydrogen-bond acceptors (Lipinski definition) is 3. The Morgan fingerprint density at radius 3 is 3.06 bits per heavy atom. The number of carbonyl (C=O) groups excluding carboxylic acids is 2. The lowest BCUT2D eigenvalue weighted by Gasteiger charge is -2.16. The summed E-state index contributed by atoms with van der Waals surface area (Å²) >= 11 is 1.93. The van der Waals surface area contributed by atoms with Crippen LogP contribution in [0.1, 0.15) is 32.6 Å². The second kappa shape index (κ2) is 6.31. The highest BCUT2D eigenvalue weighted by atomic mass is 32.2. The van der Waals surface area contributed by atoms with E-state index in [0.29, 0.717) is 24.3 Å². The van der Waals surface area contributed by atoms with Gasteiger partial charge in [0, 0.05) is 24.0 Å². The predicted molar refractivity (Wildman–Crippen MR) is 72.6 cm³/mol. The number of unbranched alkanes of at least 4 members (excludes halogenated alkanes) is 1. The molecule has 2 aliphatic rings. The SMILES string of the molecule is CCNC(=O)CCCCC1SC[C@@H]2NC(=O)N[C@H]12. The van der Waals surface area contributed by atoms with Crippen molar-refractivity contribution in [1.29, 1.82) is 0 Å². The third kappa shape index (κ3) is 3.31. The van der Waals surface area contributed by atoms with Crippen molar-refractivity contribution in [3.8, 4) is 0 Å². The molecule has 1 unspecified atom stereocenters. The Morgan fingerprint density at radius 1 is 1.44 bits per heavy atom. The monoisotopic (exact) mass is 271 g/mol. The first-order valence-corrected chi connectivity index (χ1v) is 7.71. The van der Waals surface area contributed by atoms with Crippen molar-refractivity contribution >= 4 is 23.7 Å². The van der Waals surface area contributed by atoms with Gasteiger partial charge in [-0.2, -0.15) is 11.8 Å². The summed E-state index contributed by atoms with van der Waals surface area (Å²) < 4.78 is 0. The summed E-state index contributed by atoms with van der Waals surface area (Å²) in [5.41, 5.74) is 0. The topological polar surface area (TPSA) is 70.2 Å². The number of rotatable bonds is 6. The molecule has 0 aromatic heterocycles. The highest BCUT2D eigenvalue weighted by molar-refractivity contribution is 8.00. The molecule has 3 atom stereocenters. The molecule has 0 spiro atoms. The van der Waals surface area contributed by atoms with Crippen LogP contribution in [0.5, 0.6) is 0 Å². The van der Waals surface area contributed by atoms with E-state index in [1.54, 1.807) is 0 Å². The van der Waals surface area contributed by atoms with Gasteiger partial charge in [-0.25, -0.2) is 4.79 Å². The number of amides is 3. The Kier molecular flexibility index (Phi) is 4.74. The van der Waals surface area contributed by atoms with Crippen molar-refractivity contribution in [2.24, 2.45) is 0 Å². The largest absolute Gasteiger partial charge is 0.356 e. The van der Waals surface area contributed by atoms with Crippen LogP contribution in [0, 0.1) is 0 Å². The first kappa shape index (κ1) is 13.5. The van der Waals surface area contributed by atoms with Gasteiger partial charge in [-0.3, -0.25) is 4.79 Å². The highest BCUT2D eigenvalue weighted by Gasteiger charge is 2.42. The number of carbonyl (C=O) groups is 2. The Balaban J connectivity index is 1.62. The van der Waals surface area contributed by atoms with Crippen molar-refractivity contribution in [2.45, 2.75) is 49.9 Å². The van der Waals surface area contributed by atoms with Gasteiger partial charge in [-0.05, 0) is 19.8 Å². The molecule has 3 amide bonds. The molecular formula is C12H21N3O2S. The summed E-state index contributed by atoms with van der Waals surface area (Å²) in [6.45, 7) is 2.64. The van der Waals surface area contributed by atoms with Crippen LogP contribution in [0.4, 0.5) is 4.79 Å². The summed E-state index contributed by atoms with van der Waals surface area (Å²) in [6.07, 6.45) is 3.67. The van der Waals surface area contributed by atoms with Crippen LogP contribution in [-0.2, 0) is 4.79 Å². The van der Waals surface area contributed by atoms with Crippen molar-refractivity contribution in [3.05, 3.63) is 0 Å². The molecule has 0 aromatic carbocycles. The molecule has 0 saturated carbocycles. The molecule has 2 rings (SSSR count). The van der Waals surface area contributed by atoms with Crippen molar-refractivity contribution in [3.63, 3.8) is 0 Å². The van der Waals surface area contributed by atoms with Crippen LogP contribution in [0.2, 0.25) is 0 Å². The summed E-state index contributed by atoms with van der Waals surface area (Å²) in [5.74, 6) is 1.15. The first-order valence-electron chi connectivity index (χ1n) is 6.66. The molecule has 0 radical (unpaired) electrons. The molecule has 2 heterocycles. The summed E-state index contributed by atoms with van der Waals surface area (Å²) in [6, 6.07) is 0.556. The summed E-state index contributed by atoms with van der Waals surface area (Å²) in [7, 11) is 0. The predicted octanol–water partition coefficient (Wildman–Crippen LogP) is 0.848. The highest BCUT2D eigenvalue weighted by Crippen LogP contribution is 2.33. The van der Waals surface area contributed by atoms with Crippen LogP contribution < -0.4 is 16.0 Å². The van der Waals surface area contributed by atoms with E-state index in [4.69, 9.17) is 0 Å². The molecular weight excluding hydrogens is 250 g/mol. The fourth-order valence-corrected chi connectivity index (χ4v) is 4.10. The molecule has 2 aliphatic heterocycles. The Hall–Kier alpha value is -0.910. The van der Waals surface area contributed by atoms with Crippen LogP contribution in [0.15, 0.2) is 0 Å². The molecule has 6 heteroatoms. The average molecular weight is 271 g/mol. The fourth-order valence-electron chi connectivity index (χ4n) is 2.56. The van der Waals surface area contributed by atoms with Crippen LogP contribution in [-0.4, -0.2) is 41.6 Å². The molecule has 2 saturated heterocycles. The third-order valence-corrected chi connectivity index (χ3v) is 4.96.